The number of aliphatic hydroxyl groups excluding tert-OH is 1. The van der Waals surface area contributed by atoms with E-state index in [2.05, 4.69) is 5.32 Å². The lowest BCUT2D eigenvalue weighted by Crippen LogP contribution is -2.34. The number of sulfonamides is 1. The fraction of sp³-hybridized carbons (Fsp3) is 0.133. The maximum atomic E-state index is 13.0. The van der Waals surface area contributed by atoms with Crippen molar-refractivity contribution in [2.24, 2.45) is 5.73 Å². The van der Waals surface area contributed by atoms with Gasteiger partial charge in [-0.25, -0.2) is 8.42 Å². The Morgan fingerprint density at radius 3 is 2.35 bits per heavy atom. The van der Waals surface area contributed by atoms with E-state index < -0.39 is 10.0 Å². The first-order valence-corrected chi connectivity index (χ1v) is 8.66. The van der Waals surface area contributed by atoms with Crippen LogP contribution in [0.5, 0.6) is 0 Å². The molecule has 0 spiro atoms. The van der Waals surface area contributed by atoms with Gasteiger partial charge in [-0.1, -0.05) is 30.3 Å². The second kappa shape index (κ2) is 7.40. The van der Waals surface area contributed by atoms with Crippen molar-refractivity contribution < 1.29 is 13.5 Å². The Balaban J connectivity index is 2.53. The number of hydrogen-bond acceptors (Lipinski definition) is 4. The van der Waals surface area contributed by atoms with Gasteiger partial charge in [-0.3, -0.25) is 4.31 Å². The normalized spacial score (nSPS) is 11.0. The molecule has 2 aromatic rings. The number of anilines is 2. The van der Waals surface area contributed by atoms with E-state index in [4.69, 9.17) is 18.0 Å². The number of thiocarbonyl (C=S) groups is 1. The van der Waals surface area contributed by atoms with Gasteiger partial charge in [-0.05, 0) is 36.5 Å². The summed E-state index contributed by atoms with van der Waals surface area (Å²) in [7, 11) is -3.90. The molecule has 0 saturated heterocycles. The standard InChI is InChI=1S/C15H17N3O3S2/c16-15(22)17-13-8-4-5-9-14(13)23(20,21)18(10-11-19)12-6-2-1-3-7-12/h1-9,19H,10-11H2,(H3,16,17,22). The summed E-state index contributed by atoms with van der Waals surface area (Å²) in [5.41, 5.74) is 6.21. The number of nitrogens with one attached hydrogen (secondary N) is 1. The van der Waals surface area contributed by atoms with Crippen LogP contribution < -0.4 is 15.4 Å². The van der Waals surface area contributed by atoms with Gasteiger partial charge < -0.3 is 16.2 Å². The third kappa shape index (κ3) is 3.98. The summed E-state index contributed by atoms with van der Waals surface area (Å²) in [6.45, 7) is -0.368. The zero-order valence-electron chi connectivity index (χ0n) is 12.2. The number of aliphatic hydroxyl groups is 1. The number of nitrogens with two attached hydrogens (primary N) is 1. The van der Waals surface area contributed by atoms with E-state index in [0.29, 0.717) is 11.4 Å². The second-order valence-electron chi connectivity index (χ2n) is 4.62. The minimum atomic E-state index is -3.90. The summed E-state index contributed by atoms with van der Waals surface area (Å²) in [5.74, 6) is 0. The maximum absolute atomic E-state index is 13.0. The fourth-order valence-corrected chi connectivity index (χ4v) is 3.84. The van der Waals surface area contributed by atoms with E-state index in [1.54, 1.807) is 48.5 Å². The molecular formula is C15H17N3O3S2. The summed E-state index contributed by atoms with van der Waals surface area (Å²) in [6, 6.07) is 14.9. The molecule has 0 aliphatic carbocycles. The highest BCUT2D eigenvalue weighted by Crippen LogP contribution is 2.28. The summed E-state index contributed by atoms with van der Waals surface area (Å²) in [4.78, 5) is 0.0325. The molecule has 0 aliphatic rings. The van der Waals surface area contributed by atoms with Gasteiger partial charge in [0.25, 0.3) is 10.0 Å². The number of rotatable bonds is 6. The second-order valence-corrected chi connectivity index (χ2v) is 6.89. The van der Waals surface area contributed by atoms with Crippen LogP contribution in [0.2, 0.25) is 0 Å². The number of benzene rings is 2. The lowest BCUT2D eigenvalue weighted by atomic mass is 10.3. The quantitative estimate of drug-likeness (QED) is 0.683. The Bertz CT molecular complexity index is 780. The molecule has 23 heavy (non-hydrogen) atoms. The molecule has 0 bridgehead atoms. The Hall–Kier alpha value is -2.16. The van der Waals surface area contributed by atoms with Gasteiger partial charge in [0.15, 0.2) is 5.11 Å². The molecule has 0 amide bonds. The molecule has 0 aliphatic heterocycles. The first kappa shape index (κ1) is 17.2. The molecule has 0 fully saturated rings. The summed E-state index contributed by atoms with van der Waals surface area (Å²) in [5, 5.41) is 11.9. The molecule has 2 aromatic carbocycles. The number of nitrogens with zero attached hydrogens (tertiary/aromatic N) is 1. The van der Waals surface area contributed by atoms with Crippen LogP contribution in [0.15, 0.2) is 59.5 Å². The minimum absolute atomic E-state index is 0.0268. The van der Waals surface area contributed by atoms with Gasteiger partial charge in [0.1, 0.15) is 4.90 Å². The molecule has 4 N–H and O–H groups in total. The van der Waals surface area contributed by atoms with Gasteiger partial charge in [-0.15, -0.1) is 0 Å². The third-order valence-electron chi connectivity index (χ3n) is 3.06. The predicted molar refractivity (Wildman–Crippen MR) is 94.9 cm³/mol. The van der Waals surface area contributed by atoms with Gasteiger partial charge in [-0.2, -0.15) is 0 Å². The fourth-order valence-electron chi connectivity index (χ4n) is 2.12. The number of hydrogen-bond donors (Lipinski definition) is 3. The van der Waals surface area contributed by atoms with Gasteiger partial charge >= 0.3 is 0 Å². The maximum Gasteiger partial charge on any atom is 0.266 e. The topological polar surface area (TPSA) is 95.7 Å². The molecule has 0 atom stereocenters. The molecule has 8 heteroatoms. The van der Waals surface area contributed by atoms with Crippen molar-refractivity contribution in [1.82, 2.24) is 0 Å². The molecule has 6 nitrogen and oxygen atoms in total. The Kier molecular flexibility index (Phi) is 5.54. The smallest absolute Gasteiger partial charge is 0.266 e. The Morgan fingerprint density at radius 1 is 1.13 bits per heavy atom. The molecule has 2 rings (SSSR count). The molecular weight excluding hydrogens is 334 g/mol. The molecule has 0 heterocycles. The van der Waals surface area contributed by atoms with Crippen molar-refractivity contribution in [3.8, 4) is 0 Å². The van der Waals surface area contributed by atoms with Crippen molar-refractivity contribution in [1.29, 1.82) is 0 Å². The van der Waals surface area contributed by atoms with E-state index in [-0.39, 0.29) is 23.2 Å². The highest BCUT2D eigenvalue weighted by Gasteiger charge is 2.27. The van der Waals surface area contributed by atoms with Crippen molar-refractivity contribution in [2.75, 3.05) is 22.8 Å². The first-order valence-electron chi connectivity index (χ1n) is 6.81. The molecule has 0 unspecified atom stereocenters. The van der Waals surface area contributed by atoms with Crippen LogP contribution in [0.25, 0.3) is 0 Å². The lowest BCUT2D eigenvalue weighted by Gasteiger charge is -2.25. The first-order chi connectivity index (χ1) is 11.0. The average Bonchev–Trinajstić information content (AvgIpc) is 2.53. The lowest BCUT2D eigenvalue weighted by molar-refractivity contribution is 0.306. The molecule has 0 saturated carbocycles. The van der Waals surface area contributed by atoms with E-state index in [9.17, 15) is 13.5 Å². The Labute approximate surface area is 140 Å². The SMILES string of the molecule is NC(=S)Nc1ccccc1S(=O)(=O)N(CCO)c1ccccc1. The molecule has 0 aromatic heterocycles. The van der Waals surface area contributed by atoms with Gasteiger partial charge in [0.05, 0.1) is 24.5 Å². The number of para-hydroxylation sites is 2. The zero-order valence-corrected chi connectivity index (χ0v) is 13.8. The van der Waals surface area contributed by atoms with Crippen LogP contribution in [-0.2, 0) is 10.0 Å². The van der Waals surface area contributed by atoms with E-state index >= 15 is 0 Å². The highest BCUT2D eigenvalue weighted by atomic mass is 32.2. The average molecular weight is 351 g/mol. The van der Waals surface area contributed by atoms with Crippen LogP contribution in [0.3, 0.4) is 0 Å². The van der Waals surface area contributed by atoms with Crippen LogP contribution in [0.1, 0.15) is 0 Å². The zero-order chi connectivity index (χ0) is 16.9. The van der Waals surface area contributed by atoms with E-state index in [1.807, 2.05) is 0 Å². The van der Waals surface area contributed by atoms with Crippen molar-refractivity contribution >= 4 is 38.7 Å². The Morgan fingerprint density at radius 2 is 1.74 bits per heavy atom. The van der Waals surface area contributed by atoms with Crippen LogP contribution in [0.4, 0.5) is 11.4 Å². The largest absolute Gasteiger partial charge is 0.394 e. The predicted octanol–water partition coefficient (Wildman–Crippen LogP) is 1.53. The van der Waals surface area contributed by atoms with Gasteiger partial charge in [0.2, 0.25) is 0 Å². The minimum Gasteiger partial charge on any atom is -0.394 e. The summed E-state index contributed by atoms with van der Waals surface area (Å²) < 4.78 is 27.2. The van der Waals surface area contributed by atoms with E-state index in [1.165, 1.54) is 6.07 Å². The molecule has 122 valence electrons. The van der Waals surface area contributed by atoms with Crippen molar-refractivity contribution in [2.45, 2.75) is 4.90 Å². The van der Waals surface area contributed by atoms with Crippen LogP contribution in [-0.4, -0.2) is 31.8 Å². The highest BCUT2D eigenvalue weighted by molar-refractivity contribution is 7.93. The van der Waals surface area contributed by atoms with Crippen LogP contribution >= 0.6 is 12.2 Å². The van der Waals surface area contributed by atoms with Crippen LogP contribution in [0, 0.1) is 0 Å². The molecule has 0 radical (unpaired) electrons. The van der Waals surface area contributed by atoms with Crippen molar-refractivity contribution in [3.63, 3.8) is 0 Å². The third-order valence-corrected chi connectivity index (χ3v) is 5.05. The van der Waals surface area contributed by atoms with Gasteiger partial charge in [0, 0.05) is 0 Å². The van der Waals surface area contributed by atoms with Crippen molar-refractivity contribution in [3.05, 3.63) is 54.6 Å². The van der Waals surface area contributed by atoms with E-state index in [0.717, 1.165) is 4.31 Å². The summed E-state index contributed by atoms with van der Waals surface area (Å²) >= 11 is 4.79. The summed E-state index contributed by atoms with van der Waals surface area (Å²) in [6.07, 6.45) is 0. The monoisotopic (exact) mass is 351 g/mol.